The second kappa shape index (κ2) is 8.60. The van der Waals surface area contributed by atoms with Crippen molar-refractivity contribution in [2.75, 3.05) is 6.54 Å². The molecule has 0 unspecified atom stereocenters. The van der Waals surface area contributed by atoms with E-state index in [0.29, 0.717) is 35.8 Å². The highest BCUT2D eigenvalue weighted by molar-refractivity contribution is 5.93. The van der Waals surface area contributed by atoms with Crippen LogP contribution in [0.25, 0.3) is 0 Å². The number of aromatic nitrogens is 1. The molecule has 5 atom stereocenters. The van der Waals surface area contributed by atoms with E-state index in [9.17, 15) is 9.59 Å². The zero-order chi connectivity index (χ0) is 20.3. The zero-order valence-corrected chi connectivity index (χ0v) is 17.3. The molecule has 1 heterocycles. The van der Waals surface area contributed by atoms with Gasteiger partial charge in [-0.2, -0.15) is 0 Å². The Labute approximate surface area is 168 Å². The molecule has 4 N–H and O–H groups in total. The average Bonchev–Trinajstić information content (AvgIpc) is 2.68. The number of amides is 2. The van der Waals surface area contributed by atoms with E-state index in [2.05, 4.69) is 36.4 Å². The van der Waals surface area contributed by atoms with Crippen LogP contribution in [0.1, 0.15) is 63.2 Å². The lowest BCUT2D eigenvalue weighted by Crippen LogP contribution is -2.61. The summed E-state index contributed by atoms with van der Waals surface area (Å²) in [5, 5.41) is 6.08. The maximum atomic E-state index is 12.5. The molecule has 3 fully saturated rings. The molecule has 2 amide bonds. The van der Waals surface area contributed by atoms with Gasteiger partial charge in [0.2, 0.25) is 5.91 Å². The van der Waals surface area contributed by atoms with Crippen LogP contribution in [-0.4, -0.2) is 35.4 Å². The standard InChI is InChI=1S/C22H34N4O2/c1-14-17-11-16(22(17,2)3)12-19(14)26-21(28)18(23)8-4-5-10-25-20(27)15-7-6-9-24-13-15/h6-7,9,13-14,16-19H,4-5,8,10-12,23H2,1-3H3,(H,25,27)(H,26,28)/t14-,16+,17-,18+,19-/m0/s1. The largest absolute Gasteiger partial charge is 0.352 e. The Morgan fingerprint density at radius 1 is 1.32 bits per heavy atom. The van der Waals surface area contributed by atoms with E-state index in [1.54, 1.807) is 24.5 Å². The molecule has 3 aliphatic rings. The van der Waals surface area contributed by atoms with Crippen LogP contribution in [0.2, 0.25) is 0 Å². The van der Waals surface area contributed by atoms with Gasteiger partial charge in [-0.15, -0.1) is 0 Å². The normalized spacial score (nSPS) is 28.7. The fourth-order valence-electron chi connectivity index (χ4n) is 5.05. The summed E-state index contributed by atoms with van der Waals surface area (Å²) in [6.45, 7) is 7.56. The second-order valence-electron chi connectivity index (χ2n) is 9.17. The summed E-state index contributed by atoms with van der Waals surface area (Å²) in [6, 6.07) is 3.26. The summed E-state index contributed by atoms with van der Waals surface area (Å²) in [5.41, 5.74) is 7.08. The third-order valence-corrected chi connectivity index (χ3v) is 7.17. The highest BCUT2D eigenvalue weighted by atomic mass is 16.2. The minimum atomic E-state index is -0.479. The number of carbonyl (C=O) groups is 2. The molecule has 0 spiro atoms. The van der Waals surface area contributed by atoms with Crippen molar-refractivity contribution in [3.05, 3.63) is 30.1 Å². The third kappa shape index (κ3) is 4.37. The number of hydrogen-bond acceptors (Lipinski definition) is 4. The molecule has 154 valence electrons. The van der Waals surface area contributed by atoms with Gasteiger partial charge in [-0.25, -0.2) is 0 Å². The zero-order valence-electron chi connectivity index (χ0n) is 17.3. The summed E-state index contributed by atoms with van der Waals surface area (Å²) in [4.78, 5) is 28.4. The van der Waals surface area contributed by atoms with Crippen molar-refractivity contribution in [1.29, 1.82) is 0 Å². The van der Waals surface area contributed by atoms with Crippen molar-refractivity contribution in [1.82, 2.24) is 15.6 Å². The van der Waals surface area contributed by atoms with Crippen LogP contribution in [0.15, 0.2) is 24.5 Å². The molecule has 2 bridgehead atoms. The Balaban J connectivity index is 1.32. The van der Waals surface area contributed by atoms with Crippen molar-refractivity contribution >= 4 is 11.8 Å². The predicted molar refractivity (Wildman–Crippen MR) is 109 cm³/mol. The van der Waals surface area contributed by atoms with Crippen LogP contribution < -0.4 is 16.4 Å². The van der Waals surface area contributed by atoms with Gasteiger partial charge in [0.05, 0.1) is 11.6 Å². The van der Waals surface area contributed by atoms with E-state index in [1.807, 2.05) is 0 Å². The summed E-state index contributed by atoms with van der Waals surface area (Å²) >= 11 is 0. The monoisotopic (exact) mass is 386 g/mol. The number of rotatable bonds is 8. The average molecular weight is 387 g/mol. The van der Waals surface area contributed by atoms with Crippen molar-refractivity contribution in [2.24, 2.45) is 28.9 Å². The van der Waals surface area contributed by atoms with E-state index >= 15 is 0 Å². The predicted octanol–water partition coefficient (Wildman–Crippen LogP) is 2.50. The molecule has 3 aliphatic carbocycles. The highest BCUT2D eigenvalue weighted by Gasteiger charge is 2.56. The molecule has 0 aliphatic heterocycles. The van der Waals surface area contributed by atoms with Gasteiger partial charge >= 0.3 is 0 Å². The number of carbonyl (C=O) groups excluding carboxylic acids is 2. The first kappa shape index (κ1) is 20.8. The van der Waals surface area contributed by atoms with Crippen LogP contribution >= 0.6 is 0 Å². The molecule has 6 nitrogen and oxygen atoms in total. The molecule has 28 heavy (non-hydrogen) atoms. The molecular weight excluding hydrogens is 352 g/mol. The lowest BCUT2D eigenvalue weighted by molar-refractivity contribution is -0.134. The Bertz CT molecular complexity index is 691. The first-order valence-electron chi connectivity index (χ1n) is 10.5. The Kier molecular flexibility index (Phi) is 6.38. The summed E-state index contributed by atoms with van der Waals surface area (Å²) in [7, 11) is 0. The van der Waals surface area contributed by atoms with Gasteiger partial charge in [-0.3, -0.25) is 14.6 Å². The van der Waals surface area contributed by atoms with Crippen LogP contribution in [0.3, 0.4) is 0 Å². The van der Waals surface area contributed by atoms with Crippen LogP contribution in [0.4, 0.5) is 0 Å². The van der Waals surface area contributed by atoms with Crippen LogP contribution in [0.5, 0.6) is 0 Å². The van der Waals surface area contributed by atoms with E-state index in [1.165, 1.54) is 6.42 Å². The van der Waals surface area contributed by atoms with Gasteiger partial charge in [0.15, 0.2) is 0 Å². The number of hydrogen-bond donors (Lipinski definition) is 3. The van der Waals surface area contributed by atoms with Crippen LogP contribution in [-0.2, 0) is 4.79 Å². The quantitative estimate of drug-likeness (QED) is 0.598. The van der Waals surface area contributed by atoms with E-state index < -0.39 is 6.04 Å². The molecule has 0 aromatic carbocycles. The van der Waals surface area contributed by atoms with E-state index in [0.717, 1.165) is 25.2 Å². The van der Waals surface area contributed by atoms with Gasteiger partial charge in [0, 0.05) is 25.0 Å². The molecule has 0 saturated heterocycles. The minimum absolute atomic E-state index is 0.0321. The Hall–Kier alpha value is -1.95. The molecule has 6 heteroatoms. The summed E-state index contributed by atoms with van der Waals surface area (Å²) in [6.07, 6.45) is 7.80. The van der Waals surface area contributed by atoms with E-state index in [-0.39, 0.29) is 17.9 Å². The fraction of sp³-hybridized carbons (Fsp3) is 0.682. The van der Waals surface area contributed by atoms with Gasteiger partial charge in [0.1, 0.15) is 0 Å². The number of nitrogens with two attached hydrogens (primary N) is 1. The topological polar surface area (TPSA) is 97.1 Å². The smallest absolute Gasteiger partial charge is 0.252 e. The fourth-order valence-corrected chi connectivity index (χ4v) is 5.05. The molecule has 4 rings (SSSR count). The van der Waals surface area contributed by atoms with Crippen molar-refractivity contribution in [3.63, 3.8) is 0 Å². The van der Waals surface area contributed by atoms with Crippen molar-refractivity contribution < 1.29 is 9.59 Å². The number of nitrogens with zero attached hydrogens (tertiary/aromatic N) is 1. The van der Waals surface area contributed by atoms with Crippen molar-refractivity contribution in [3.8, 4) is 0 Å². The van der Waals surface area contributed by atoms with Gasteiger partial charge in [-0.05, 0) is 67.4 Å². The van der Waals surface area contributed by atoms with Crippen LogP contribution in [0, 0.1) is 23.2 Å². The van der Waals surface area contributed by atoms with Gasteiger partial charge in [-0.1, -0.05) is 20.8 Å². The second-order valence-corrected chi connectivity index (χ2v) is 9.17. The lowest BCUT2D eigenvalue weighted by Gasteiger charge is -2.62. The van der Waals surface area contributed by atoms with E-state index in [4.69, 9.17) is 5.73 Å². The maximum absolute atomic E-state index is 12.5. The van der Waals surface area contributed by atoms with Crippen molar-refractivity contribution in [2.45, 2.75) is 65.0 Å². The first-order valence-corrected chi connectivity index (χ1v) is 10.5. The molecule has 1 aromatic heterocycles. The highest BCUT2D eigenvalue weighted by Crippen LogP contribution is 2.61. The molecule has 3 saturated carbocycles. The van der Waals surface area contributed by atoms with Gasteiger partial charge < -0.3 is 16.4 Å². The molecular formula is C22H34N4O2. The Morgan fingerprint density at radius 2 is 2.11 bits per heavy atom. The third-order valence-electron chi connectivity index (χ3n) is 7.17. The first-order chi connectivity index (χ1) is 13.3. The van der Waals surface area contributed by atoms with Gasteiger partial charge in [0.25, 0.3) is 5.91 Å². The maximum Gasteiger partial charge on any atom is 0.252 e. The molecule has 0 radical (unpaired) electrons. The Morgan fingerprint density at radius 3 is 2.75 bits per heavy atom. The number of nitrogens with one attached hydrogen (secondary N) is 2. The minimum Gasteiger partial charge on any atom is -0.352 e. The number of pyridine rings is 1. The number of fused-ring (bicyclic) bond motifs is 2. The summed E-state index contributed by atoms with van der Waals surface area (Å²) < 4.78 is 0. The lowest BCUT2D eigenvalue weighted by atomic mass is 9.45. The molecule has 1 aromatic rings. The summed E-state index contributed by atoms with van der Waals surface area (Å²) in [5.74, 6) is 1.78. The SMILES string of the molecule is C[C@@H]1[C@@H](NC(=O)[C@H](N)CCCCNC(=O)c2cccnc2)C[C@H]2C[C@@H]1C2(C)C. The number of unbranched alkanes of at least 4 members (excludes halogenated alkanes) is 1.